The maximum atomic E-state index is 11.2. The molecule has 0 aliphatic rings. The lowest BCUT2D eigenvalue weighted by atomic mass is 10.2. The van der Waals surface area contributed by atoms with Crippen LogP contribution in [0.1, 0.15) is 16.1 Å². The van der Waals surface area contributed by atoms with Crippen LogP contribution < -0.4 is 0 Å². The summed E-state index contributed by atoms with van der Waals surface area (Å²) in [6.45, 7) is 0. The molecule has 1 aromatic heterocycles. The van der Waals surface area contributed by atoms with Crippen LogP contribution in [0.5, 0.6) is 0 Å². The van der Waals surface area contributed by atoms with Gasteiger partial charge in [0, 0.05) is 6.20 Å². The van der Waals surface area contributed by atoms with Crippen molar-refractivity contribution < 1.29 is 9.53 Å². The summed E-state index contributed by atoms with van der Waals surface area (Å²) in [6, 6.07) is 3.46. The van der Waals surface area contributed by atoms with Gasteiger partial charge in [0.15, 0.2) is 5.69 Å². The fourth-order valence-electron chi connectivity index (χ4n) is 0.894. The molecule has 0 unspecified atom stereocenters. The van der Waals surface area contributed by atoms with Crippen LogP contribution in [0.15, 0.2) is 18.3 Å². The number of hydrogen-bond donors (Lipinski definition) is 0. The van der Waals surface area contributed by atoms with Gasteiger partial charge in [0.2, 0.25) is 0 Å². The Morgan fingerprint density at radius 3 is 3.14 bits per heavy atom. The third kappa shape index (κ3) is 2.57. The van der Waals surface area contributed by atoms with Crippen molar-refractivity contribution >= 4 is 21.9 Å². The summed E-state index contributed by atoms with van der Waals surface area (Å²) in [7, 11) is 1.32. The topological polar surface area (TPSA) is 39.2 Å². The van der Waals surface area contributed by atoms with E-state index < -0.39 is 5.97 Å². The number of ether oxygens (including phenoxy) is 1. The average molecular weight is 254 g/mol. The first-order valence-corrected chi connectivity index (χ1v) is 5.00. The quantitative estimate of drug-likeness (QED) is 0.434. The monoisotopic (exact) mass is 253 g/mol. The van der Waals surface area contributed by atoms with Gasteiger partial charge in [-0.2, -0.15) is 0 Å². The van der Waals surface area contributed by atoms with E-state index in [-0.39, 0.29) is 5.69 Å². The lowest BCUT2D eigenvalue weighted by molar-refractivity contribution is 0.0593. The van der Waals surface area contributed by atoms with Gasteiger partial charge in [-0.1, -0.05) is 27.8 Å². The van der Waals surface area contributed by atoms with E-state index in [4.69, 9.17) is 0 Å². The Hall–Kier alpha value is -1.34. The summed E-state index contributed by atoms with van der Waals surface area (Å²) < 4.78 is 4.58. The van der Waals surface area contributed by atoms with Gasteiger partial charge in [0.25, 0.3) is 0 Å². The molecule has 0 N–H and O–H groups in total. The Bertz CT molecular complexity index is 393. The molecule has 0 radical (unpaired) electrons. The van der Waals surface area contributed by atoms with E-state index in [1.807, 2.05) is 0 Å². The van der Waals surface area contributed by atoms with Gasteiger partial charge in [-0.25, -0.2) is 9.78 Å². The first-order valence-electron chi connectivity index (χ1n) is 3.87. The Labute approximate surface area is 90.6 Å². The Balaban J connectivity index is 3.09. The van der Waals surface area contributed by atoms with E-state index in [0.29, 0.717) is 10.9 Å². The first kappa shape index (κ1) is 10.7. The van der Waals surface area contributed by atoms with Crippen molar-refractivity contribution in [2.75, 3.05) is 12.4 Å². The zero-order chi connectivity index (χ0) is 10.4. The second-order valence-electron chi connectivity index (χ2n) is 2.33. The number of hydrogen-bond acceptors (Lipinski definition) is 3. The number of nitrogens with zero attached hydrogens (tertiary/aromatic N) is 1. The van der Waals surface area contributed by atoms with Crippen LogP contribution in [0, 0.1) is 11.8 Å². The minimum absolute atomic E-state index is 0.253. The number of aromatic nitrogens is 1. The minimum Gasteiger partial charge on any atom is -0.464 e. The van der Waals surface area contributed by atoms with Gasteiger partial charge in [0.1, 0.15) is 0 Å². The third-order valence-electron chi connectivity index (χ3n) is 1.48. The zero-order valence-corrected chi connectivity index (χ0v) is 9.17. The SMILES string of the molecule is COC(=O)c1ncccc1C#CCBr. The lowest BCUT2D eigenvalue weighted by Gasteiger charge is -1.99. The summed E-state index contributed by atoms with van der Waals surface area (Å²) >= 11 is 3.18. The molecule has 4 heteroatoms. The third-order valence-corrected chi connectivity index (χ3v) is 1.76. The van der Waals surface area contributed by atoms with Crippen molar-refractivity contribution in [3.8, 4) is 11.8 Å². The molecule has 1 rings (SSSR count). The molecule has 0 fully saturated rings. The number of rotatable bonds is 1. The highest BCUT2D eigenvalue weighted by atomic mass is 79.9. The van der Waals surface area contributed by atoms with Crippen LogP contribution in [0.4, 0.5) is 0 Å². The number of halogens is 1. The fourth-order valence-corrected chi connectivity index (χ4v) is 1.03. The largest absolute Gasteiger partial charge is 0.464 e. The summed E-state index contributed by atoms with van der Waals surface area (Å²) in [5.74, 6) is 5.15. The van der Waals surface area contributed by atoms with E-state index in [1.54, 1.807) is 12.1 Å². The first-order chi connectivity index (χ1) is 6.79. The van der Waals surface area contributed by atoms with Crippen LogP contribution >= 0.6 is 15.9 Å². The number of esters is 1. The second kappa shape index (κ2) is 5.40. The maximum Gasteiger partial charge on any atom is 0.357 e. The van der Waals surface area contributed by atoms with Gasteiger partial charge < -0.3 is 4.74 Å². The van der Waals surface area contributed by atoms with Gasteiger partial charge >= 0.3 is 5.97 Å². The molecule has 0 aromatic carbocycles. The van der Waals surface area contributed by atoms with E-state index in [9.17, 15) is 4.79 Å². The van der Waals surface area contributed by atoms with Crippen molar-refractivity contribution in [1.82, 2.24) is 4.98 Å². The van der Waals surface area contributed by atoms with E-state index in [1.165, 1.54) is 13.3 Å². The van der Waals surface area contributed by atoms with Crippen LogP contribution in [0.3, 0.4) is 0 Å². The van der Waals surface area contributed by atoms with Crippen LogP contribution in [0.25, 0.3) is 0 Å². The summed E-state index contributed by atoms with van der Waals surface area (Å²) in [6.07, 6.45) is 1.53. The molecule has 14 heavy (non-hydrogen) atoms. The molecule has 1 heterocycles. The molecule has 3 nitrogen and oxygen atoms in total. The molecule has 0 saturated heterocycles. The van der Waals surface area contributed by atoms with Crippen molar-refractivity contribution in [3.63, 3.8) is 0 Å². The summed E-state index contributed by atoms with van der Waals surface area (Å²) in [4.78, 5) is 15.1. The summed E-state index contributed by atoms with van der Waals surface area (Å²) in [5.41, 5.74) is 0.835. The number of carbonyl (C=O) groups excluding carboxylic acids is 1. The average Bonchev–Trinajstić information content (AvgIpc) is 2.25. The maximum absolute atomic E-state index is 11.2. The second-order valence-corrected chi connectivity index (χ2v) is 2.89. The Morgan fingerprint density at radius 2 is 2.50 bits per heavy atom. The highest BCUT2D eigenvalue weighted by Crippen LogP contribution is 2.04. The standard InChI is InChI=1S/C10H8BrNO2/c1-14-10(13)9-8(4-2-6-11)5-3-7-12-9/h3,5,7H,6H2,1H3. The zero-order valence-electron chi connectivity index (χ0n) is 7.58. The van der Waals surface area contributed by atoms with E-state index >= 15 is 0 Å². The number of alkyl halides is 1. The molecule has 0 aliphatic carbocycles. The predicted octanol–water partition coefficient (Wildman–Crippen LogP) is 1.61. The molecule has 0 amide bonds. The Kier molecular flexibility index (Phi) is 4.14. The molecular weight excluding hydrogens is 246 g/mol. The molecule has 0 saturated carbocycles. The number of carbonyl (C=O) groups is 1. The smallest absolute Gasteiger partial charge is 0.357 e. The van der Waals surface area contributed by atoms with Crippen LogP contribution in [0.2, 0.25) is 0 Å². The van der Waals surface area contributed by atoms with Gasteiger partial charge in [-0.3, -0.25) is 0 Å². The predicted molar refractivity (Wildman–Crippen MR) is 56.2 cm³/mol. The van der Waals surface area contributed by atoms with Gasteiger partial charge in [-0.15, -0.1) is 0 Å². The summed E-state index contributed by atoms with van der Waals surface area (Å²) in [5, 5.41) is 0.558. The highest BCUT2D eigenvalue weighted by molar-refractivity contribution is 9.09. The number of methoxy groups -OCH3 is 1. The molecular formula is C10H8BrNO2. The van der Waals surface area contributed by atoms with Crippen molar-refractivity contribution in [2.24, 2.45) is 0 Å². The molecule has 1 aromatic rings. The van der Waals surface area contributed by atoms with E-state index in [0.717, 1.165) is 0 Å². The molecule has 0 spiro atoms. The lowest BCUT2D eigenvalue weighted by Crippen LogP contribution is -2.06. The van der Waals surface area contributed by atoms with Crippen molar-refractivity contribution in [2.45, 2.75) is 0 Å². The minimum atomic E-state index is -0.468. The molecule has 0 atom stereocenters. The Morgan fingerprint density at radius 1 is 1.71 bits per heavy atom. The van der Waals surface area contributed by atoms with E-state index in [2.05, 4.69) is 37.5 Å². The van der Waals surface area contributed by atoms with Crippen molar-refractivity contribution in [1.29, 1.82) is 0 Å². The molecule has 0 bridgehead atoms. The van der Waals surface area contributed by atoms with Crippen LogP contribution in [-0.2, 0) is 4.74 Å². The van der Waals surface area contributed by atoms with Gasteiger partial charge in [0.05, 0.1) is 18.0 Å². The van der Waals surface area contributed by atoms with Gasteiger partial charge in [-0.05, 0) is 12.1 Å². The molecule has 72 valence electrons. The normalized spacial score (nSPS) is 8.71. The number of pyridine rings is 1. The van der Waals surface area contributed by atoms with Crippen LogP contribution in [-0.4, -0.2) is 23.4 Å². The molecule has 0 aliphatic heterocycles. The highest BCUT2D eigenvalue weighted by Gasteiger charge is 2.10. The fraction of sp³-hybridized carbons (Fsp3) is 0.200. The van der Waals surface area contributed by atoms with Crippen molar-refractivity contribution in [3.05, 3.63) is 29.6 Å².